The van der Waals surface area contributed by atoms with Crippen LogP contribution in [0.1, 0.15) is 38.2 Å². The highest BCUT2D eigenvalue weighted by molar-refractivity contribution is 5.80. The average molecular weight is 452 g/mol. The first-order valence-corrected chi connectivity index (χ1v) is 11.0. The Morgan fingerprint density at radius 3 is 2.15 bits per heavy atom. The second kappa shape index (κ2) is 9.71. The molecule has 0 radical (unpaired) electrons. The summed E-state index contributed by atoms with van der Waals surface area (Å²) in [5.41, 5.74) is 4.16. The highest BCUT2D eigenvalue weighted by Gasteiger charge is 2.28. The van der Waals surface area contributed by atoms with Gasteiger partial charge in [-0.3, -0.25) is 4.79 Å². The molecule has 1 N–H and O–H groups in total. The van der Waals surface area contributed by atoms with Gasteiger partial charge in [0.25, 0.3) is 0 Å². The molecule has 0 unspecified atom stereocenters. The van der Waals surface area contributed by atoms with Crippen molar-refractivity contribution in [3.8, 4) is 28.0 Å². The van der Waals surface area contributed by atoms with E-state index in [0.29, 0.717) is 12.2 Å². The van der Waals surface area contributed by atoms with Crippen molar-refractivity contribution in [3.63, 3.8) is 0 Å². The number of rotatable bonds is 6. The molecule has 33 heavy (non-hydrogen) atoms. The highest BCUT2D eigenvalue weighted by Crippen LogP contribution is 2.41. The topological polar surface area (TPSA) is 55.8 Å². The van der Waals surface area contributed by atoms with Gasteiger partial charge in [-0.2, -0.15) is 0 Å². The number of benzene rings is 3. The number of cyclic esters (lactones) is 1. The maximum absolute atomic E-state index is 13.6. The molecule has 1 aliphatic heterocycles. The molecule has 1 fully saturated rings. The molecule has 3 aromatic rings. The quantitative estimate of drug-likeness (QED) is 0.476. The van der Waals surface area contributed by atoms with Gasteiger partial charge in [0.15, 0.2) is 0 Å². The summed E-state index contributed by atoms with van der Waals surface area (Å²) in [7, 11) is 0. The molecule has 1 saturated heterocycles. The zero-order chi connectivity index (χ0) is 23.5. The molecular weight excluding hydrogens is 426 g/mol. The number of carbonyl (C=O) groups excluding carboxylic acids is 1. The van der Waals surface area contributed by atoms with Crippen molar-refractivity contribution in [2.24, 2.45) is 0 Å². The summed E-state index contributed by atoms with van der Waals surface area (Å²) in [6, 6.07) is 16.3. The number of esters is 1. The molecule has 4 rings (SSSR count). The number of aliphatic hydroxyl groups is 1. The Kier molecular flexibility index (Phi) is 6.75. The lowest BCUT2D eigenvalue weighted by Gasteiger charge is -2.27. The van der Waals surface area contributed by atoms with Gasteiger partial charge in [0.2, 0.25) is 0 Å². The van der Waals surface area contributed by atoms with Gasteiger partial charge in [0, 0.05) is 12.0 Å². The normalized spacial score (nSPS) is 18.3. The van der Waals surface area contributed by atoms with E-state index in [4.69, 9.17) is 9.47 Å². The summed E-state index contributed by atoms with van der Waals surface area (Å²) in [4.78, 5) is 11.7. The predicted octanol–water partition coefficient (Wildman–Crippen LogP) is 5.87. The Morgan fingerprint density at radius 2 is 1.58 bits per heavy atom. The standard InChI is InChI=1S/C27H26F2O4/c1-16(2)24-11-19(17-3-7-20(28)8-4-17)12-25(18-5-9-21(29)10-6-18)27(24)32-15-23-13-22(30)14-26(31)33-23/h3-12,16,22-23,30H,13-15H2,1-2H3/t22-,23+/m1/s1. The summed E-state index contributed by atoms with van der Waals surface area (Å²) in [6.07, 6.45) is -1.01. The zero-order valence-electron chi connectivity index (χ0n) is 18.6. The van der Waals surface area contributed by atoms with Crippen LogP contribution in [0.15, 0.2) is 60.7 Å². The molecule has 0 aromatic heterocycles. The van der Waals surface area contributed by atoms with Crippen molar-refractivity contribution in [1.29, 1.82) is 0 Å². The Hall–Kier alpha value is -3.25. The average Bonchev–Trinajstić information content (AvgIpc) is 2.77. The number of halogens is 2. The lowest BCUT2D eigenvalue weighted by molar-refractivity contribution is -0.162. The Bertz CT molecular complexity index is 1120. The zero-order valence-corrected chi connectivity index (χ0v) is 18.6. The summed E-state index contributed by atoms with van der Waals surface area (Å²) in [5.74, 6) is -0.414. The lowest BCUT2D eigenvalue weighted by atomic mass is 9.90. The number of hydrogen-bond donors (Lipinski definition) is 1. The molecule has 172 valence electrons. The number of aliphatic hydroxyl groups excluding tert-OH is 1. The van der Waals surface area contributed by atoms with Gasteiger partial charge < -0.3 is 14.6 Å². The van der Waals surface area contributed by atoms with Crippen LogP contribution < -0.4 is 4.74 Å². The largest absolute Gasteiger partial charge is 0.489 e. The van der Waals surface area contributed by atoms with Gasteiger partial charge in [0.1, 0.15) is 30.1 Å². The highest BCUT2D eigenvalue weighted by atomic mass is 19.1. The van der Waals surface area contributed by atoms with Crippen LogP contribution in [0, 0.1) is 11.6 Å². The molecule has 2 atom stereocenters. The van der Waals surface area contributed by atoms with Gasteiger partial charge in [-0.15, -0.1) is 0 Å². The second-order valence-corrected chi connectivity index (χ2v) is 8.63. The van der Waals surface area contributed by atoms with Gasteiger partial charge in [-0.25, -0.2) is 8.78 Å². The minimum atomic E-state index is -0.748. The van der Waals surface area contributed by atoms with Gasteiger partial charge in [-0.05, 0) is 64.6 Å². The first-order valence-electron chi connectivity index (χ1n) is 11.0. The van der Waals surface area contributed by atoms with Crippen molar-refractivity contribution < 1.29 is 28.2 Å². The third-order valence-corrected chi connectivity index (χ3v) is 5.72. The van der Waals surface area contributed by atoms with Crippen LogP contribution >= 0.6 is 0 Å². The van der Waals surface area contributed by atoms with E-state index in [-0.39, 0.29) is 30.6 Å². The summed E-state index contributed by atoms with van der Waals surface area (Å²) in [5, 5.41) is 9.91. The molecule has 6 heteroatoms. The Balaban J connectivity index is 1.78. The third-order valence-electron chi connectivity index (χ3n) is 5.72. The van der Waals surface area contributed by atoms with Crippen molar-refractivity contribution in [3.05, 3.63) is 77.9 Å². The summed E-state index contributed by atoms with van der Waals surface area (Å²) in [6.45, 7) is 4.16. The second-order valence-electron chi connectivity index (χ2n) is 8.63. The molecule has 3 aromatic carbocycles. The molecule has 0 bridgehead atoms. The van der Waals surface area contributed by atoms with Crippen LogP contribution in [-0.4, -0.2) is 29.9 Å². The molecule has 0 saturated carbocycles. The SMILES string of the molecule is CC(C)c1cc(-c2ccc(F)cc2)cc(-c2ccc(F)cc2)c1OC[C@@H]1C[C@@H](O)CC(=O)O1. The Morgan fingerprint density at radius 1 is 0.970 bits per heavy atom. The van der Waals surface area contributed by atoms with E-state index >= 15 is 0 Å². The van der Waals surface area contributed by atoms with E-state index < -0.39 is 18.2 Å². The molecule has 0 spiro atoms. The van der Waals surface area contributed by atoms with Crippen molar-refractivity contribution >= 4 is 5.97 Å². The van der Waals surface area contributed by atoms with E-state index in [9.17, 15) is 18.7 Å². The Labute approximate surface area is 191 Å². The van der Waals surface area contributed by atoms with E-state index in [1.807, 2.05) is 26.0 Å². The van der Waals surface area contributed by atoms with Crippen molar-refractivity contribution in [2.45, 2.75) is 44.8 Å². The number of hydrogen-bond acceptors (Lipinski definition) is 4. The van der Waals surface area contributed by atoms with Crippen LogP contribution in [0.3, 0.4) is 0 Å². The first kappa shape index (κ1) is 22.9. The predicted molar refractivity (Wildman–Crippen MR) is 122 cm³/mol. The fourth-order valence-electron chi connectivity index (χ4n) is 4.03. The van der Waals surface area contributed by atoms with E-state index in [1.165, 1.54) is 24.3 Å². The van der Waals surface area contributed by atoms with Crippen molar-refractivity contribution in [1.82, 2.24) is 0 Å². The maximum Gasteiger partial charge on any atom is 0.308 e. The monoisotopic (exact) mass is 452 g/mol. The van der Waals surface area contributed by atoms with Gasteiger partial charge >= 0.3 is 5.97 Å². The van der Waals surface area contributed by atoms with Crippen LogP contribution in [-0.2, 0) is 9.53 Å². The molecular formula is C27H26F2O4. The van der Waals surface area contributed by atoms with E-state index in [0.717, 1.165) is 27.8 Å². The van der Waals surface area contributed by atoms with E-state index in [2.05, 4.69) is 0 Å². The minimum Gasteiger partial charge on any atom is -0.489 e. The third kappa shape index (κ3) is 5.40. The van der Waals surface area contributed by atoms with Crippen LogP contribution in [0.25, 0.3) is 22.3 Å². The lowest BCUT2D eigenvalue weighted by Crippen LogP contribution is -2.36. The molecule has 0 amide bonds. The molecule has 1 aliphatic rings. The first-order chi connectivity index (χ1) is 15.8. The van der Waals surface area contributed by atoms with Gasteiger partial charge in [0.05, 0.1) is 12.5 Å². The fraction of sp³-hybridized carbons (Fsp3) is 0.296. The van der Waals surface area contributed by atoms with Gasteiger partial charge in [-0.1, -0.05) is 38.1 Å². The smallest absolute Gasteiger partial charge is 0.308 e. The summed E-state index contributed by atoms with van der Waals surface area (Å²) < 4.78 is 38.7. The fourth-order valence-corrected chi connectivity index (χ4v) is 4.03. The van der Waals surface area contributed by atoms with Crippen LogP contribution in [0.5, 0.6) is 5.75 Å². The van der Waals surface area contributed by atoms with E-state index in [1.54, 1.807) is 24.3 Å². The number of carbonyl (C=O) groups is 1. The number of ether oxygens (including phenoxy) is 2. The molecule has 0 aliphatic carbocycles. The summed E-state index contributed by atoms with van der Waals surface area (Å²) >= 11 is 0. The maximum atomic E-state index is 13.6. The molecule has 4 nitrogen and oxygen atoms in total. The van der Waals surface area contributed by atoms with Crippen LogP contribution in [0.2, 0.25) is 0 Å². The van der Waals surface area contributed by atoms with Crippen molar-refractivity contribution in [2.75, 3.05) is 6.61 Å². The minimum absolute atomic E-state index is 0.0130. The van der Waals surface area contributed by atoms with Crippen LogP contribution in [0.4, 0.5) is 8.78 Å². The molecule has 1 heterocycles.